The van der Waals surface area contributed by atoms with Crippen molar-refractivity contribution in [3.63, 3.8) is 0 Å². The summed E-state index contributed by atoms with van der Waals surface area (Å²) in [4.78, 5) is 12.1. The van der Waals surface area contributed by atoms with Crippen LogP contribution in [0.4, 0.5) is 5.69 Å². The second-order valence-corrected chi connectivity index (χ2v) is 5.75. The third kappa shape index (κ3) is 3.72. The summed E-state index contributed by atoms with van der Waals surface area (Å²) in [5.41, 5.74) is 7.14. The summed E-state index contributed by atoms with van der Waals surface area (Å²) in [5, 5.41) is 7.85. The van der Waals surface area contributed by atoms with E-state index in [1.165, 1.54) is 4.68 Å². The fourth-order valence-corrected chi connectivity index (χ4v) is 2.39. The molecule has 1 amide bonds. The van der Waals surface area contributed by atoms with Gasteiger partial charge in [-0.3, -0.25) is 15.6 Å². The van der Waals surface area contributed by atoms with E-state index >= 15 is 0 Å². The number of hydrogen-bond donors (Lipinski definition) is 2. The molecule has 3 rings (SSSR count). The Kier molecular flexibility index (Phi) is 4.76. The summed E-state index contributed by atoms with van der Waals surface area (Å²) < 4.78 is 7.54. The summed E-state index contributed by atoms with van der Waals surface area (Å²) >= 11 is 3.37. The van der Waals surface area contributed by atoms with Crippen molar-refractivity contribution in [1.82, 2.24) is 20.4 Å². The average molecular weight is 388 g/mol. The number of hydrogen-bond acceptors (Lipinski definition) is 5. The highest BCUT2D eigenvalue weighted by Gasteiger charge is 2.11. The highest BCUT2D eigenvalue weighted by atomic mass is 79.9. The molecule has 0 unspecified atom stereocenters. The lowest BCUT2D eigenvalue weighted by molar-refractivity contribution is 0.0957. The largest absolute Gasteiger partial charge is 0.497 e. The Balaban J connectivity index is 1.66. The first-order chi connectivity index (χ1) is 11.7. The lowest BCUT2D eigenvalue weighted by Gasteiger charge is -2.06. The van der Waals surface area contributed by atoms with Crippen molar-refractivity contribution in [2.75, 3.05) is 12.5 Å². The van der Waals surface area contributed by atoms with Crippen LogP contribution >= 0.6 is 15.9 Å². The van der Waals surface area contributed by atoms with Crippen molar-refractivity contribution in [1.29, 1.82) is 0 Å². The average Bonchev–Trinajstić information content (AvgIpc) is 3.10. The van der Waals surface area contributed by atoms with Crippen LogP contribution in [0, 0.1) is 0 Å². The van der Waals surface area contributed by atoms with E-state index in [1.807, 2.05) is 48.5 Å². The zero-order chi connectivity index (χ0) is 16.9. The summed E-state index contributed by atoms with van der Waals surface area (Å²) in [7, 11) is 1.60. The second-order valence-electron chi connectivity index (χ2n) is 4.84. The molecule has 122 valence electrons. The van der Waals surface area contributed by atoms with E-state index in [2.05, 4.69) is 37.1 Å². The molecule has 0 saturated carbocycles. The van der Waals surface area contributed by atoms with E-state index < -0.39 is 0 Å². The van der Waals surface area contributed by atoms with Crippen LogP contribution < -0.4 is 15.6 Å². The first-order valence-electron chi connectivity index (χ1n) is 7.04. The topological polar surface area (TPSA) is 81.1 Å². The van der Waals surface area contributed by atoms with Crippen molar-refractivity contribution in [2.24, 2.45) is 0 Å². The van der Waals surface area contributed by atoms with Crippen LogP contribution in [0.1, 0.15) is 10.5 Å². The van der Waals surface area contributed by atoms with Gasteiger partial charge in [0.05, 0.1) is 24.7 Å². The van der Waals surface area contributed by atoms with Crippen LogP contribution in [0.3, 0.4) is 0 Å². The summed E-state index contributed by atoms with van der Waals surface area (Å²) in [6, 6.07) is 14.7. The SMILES string of the molecule is COc1ccc(-n2cc(C(=O)NNc3cccc(Br)c3)nn2)cc1. The number of aromatic nitrogens is 3. The summed E-state index contributed by atoms with van der Waals surface area (Å²) in [5.74, 6) is 0.366. The minimum atomic E-state index is -0.380. The predicted octanol–water partition coefficient (Wildman–Crippen LogP) is 2.80. The number of carbonyl (C=O) groups is 1. The second kappa shape index (κ2) is 7.14. The van der Waals surface area contributed by atoms with Gasteiger partial charge in [-0.15, -0.1) is 5.10 Å². The molecule has 0 aliphatic heterocycles. The van der Waals surface area contributed by atoms with Crippen molar-refractivity contribution < 1.29 is 9.53 Å². The maximum atomic E-state index is 12.1. The Morgan fingerprint density at radius 1 is 1.21 bits per heavy atom. The molecule has 3 aromatic rings. The number of carbonyl (C=O) groups excluding carboxylic acids is 1. The molecule has 2 N–H and O–H groups in total. The van der Waals surface area contributed by atoms with Crippen molar-refractivity contribution in [3.05, 3.63) is 64.9 Å². The van der Waals surface area contributed by atoms with E-state index in [0.717, 1.165) is 21.6 Å². The molecule has 7 nitrogen and oxygen atoms in total. The number of nitrogens with one attached hydrogen (secondary N) is 2. The zero-order valence-corrected chi connectivity index (χ0v) is 14.3. The fraction of sp³-hybridized carbons (Fsp3) is 0.0625. The molecule has 2 aromatic carbocycles. The highest BCUT2D eigenvalue weighted by Crippen LogP contribution is 2.15. The minimum absolute atomic E-state index is 0.202. The van der Waals surface area contributed by atoms with Gasteiger partial charge in [0.2, 0.25) is 0 Å². The van der Waals surface area contributed by atoms with Crippen molar-refractivity contribution in [2.45, 2.75) is 0 Å². The lowest BCUT2D eigenvalue weighted by atomic mass is 10.3. The first kappa shape index (κ1) is 16.0. The quantitative estimate of drug-likeness (QED) is 0.657. The molecule has 0 atom stereocenters. The maximum Gasteiger partial charge on any atom is 0.291 e. The van der Waals surface area contributed by atoms with Gasteiger partial charge in [-0.25, -0.2) is 4.68 Å². The molecule has 24 heavy (non-hydrogen) atoms. The van der Waals surface area contributed by atoms with Gasteiger partial charge in [0.1, 0.15) is 5.75 Å². The summed E-state index contributed by atoms with van der Waals surface area (Å²) in [6.07, 6.45) is 1.56. The zero-order valence-electron chi connectivity index (χ0n) is 12.7. The van der Waals surface area contributed by atoms with E-state index in [4.69, 9.17) is 4.74 Å². The number of benzene rings is 2. The van der Waals surface area contributed by atoms with E-state index in [0.29, 0.717) is 0 Å². The fourth-order valence-electron chi connectivity index (χ4n) is 1.99. The molecule has 0 spiro atoms. The van der Waals surface area contributed by atoms with Crippen LogP contribution in [0.5, 0.6) is 5.75 Å². The van der Waals surface area contributed by atoms with Crippen LogP contribution in [0.2, 0.25) is 0 Å². The molecule has 0 radical (unpaired) electrons. The number of amides is 1. The molecule has 0 aliphatic carbocycles. The van der Waals surface area contributed by atoms with E-state index in [-0.39, 0.29) is 11.6 Å². The number of ether oxygens (including phenoxy) is 1. The Labute approximate surface area is 146 Å². The molecule has 1 heterocycles. The third-order valence-corrected chi connectivity index (χ3v) is 3.70. The van der Waals surface area contributed by atoms with E-state index in [9.17, 15) is 4.79 Å². The Hall–Kier alpha value is -2.87. The van der Waals surface area contributed by atoms with Gasteiger partial charge in [0, 0.05) is 4.47 Å². The molecular formula is C16H14BrN5O2. The van der Waals surface area contributed by atoms with Crippen LogP contribution in [0.25, 0.3) is 5.69 Å². The number of methoxy groups -OCH3 is 1. The number of hydrazine groups is 1. The highest BCUT2D eigenvalue weighted by molar-refractivity contribution is 9.10. The van der Waals surface area contributed by atoms with Gasteiger partial charge in [-0.1, -0.05) is 27.2 Å². The standard InChI is InChI=1S/C16H14BrN5O2/c1-24-14-7-5-13(6-8-14)22-10-15(19-21-22)16(23)20-18-12-4-2-3-11(17)9-12/h2-10,18H,1H3,(H,20,23). The molecule has 0 aliphatic rings. The van der Waals surface area contributed by atoms with Crippen molar-refractivity contribution in [3.8, 4) is 11.4 Å². The molecule has 0 fully saturated rings. The van der Waals surface area contributed by atoms with Gasteiger partial charge >= 0.3 is 0 Å². The van der Waals surface area contributed by atoms with Gasteiger partial charge in [-0.05, 0) is 42.5 Å². The van der Waals surface area contributed by atoms with Gasteiger partial charge in [-0.2, -0.15) is 0 Å². The Morgan fingerprint density at radius 3 is 2.71 bits per heavy atom. The van der Waals surface area contributed by atoms with E-state index in [1.54, 1.807) is 13.3 Å². The number of halogens is 1. The minimum Gasteiger partial charge on any atom is -0.497 e. The number of rotatable bonds is 5. The van der Waals surface area contributed by atoms with Gasteiger partial charge < -0.3 is 4.74 Å². The van der Waals surface area contributed by atoms with Gasteiger partial charge in [0.25, 0.3) is 5.91 Å². The molecular weight excluding hydrogens is 374 g/mol. The maximum absolute atomic E-state index is 12.1. The molecule has 0 bridgehead atoms. The first-order valence-corrected chi connectivity index (χ1v) is 7.84. The van der Waals surface area contributed by atoms with Crippen LogP contribution in [-0.4, -0.2) is 28.0 Å². The van der Waals surface area contributed by atoms with Crippen molar-refractivity contribution >= 4 is 27.5 Å². The normalized spacial score (nSPS) is 10.2. The Bertz CT molecular complexity index is 848. The van der Waals surface area contributed by atoms with Gasteiger partial charge in [0.15, 0.2) is 5.69 Å². The molecule has 1 aromatic heterocycles. The lowest BCUT2D eigenvalue weighted by Crippen LogP contribution is -2.29. The number of anilines is 1. The number of nitrogens with zero attached hydrogens (tertiary/aromatic N) is 3. The predicted molar refractivity (Wildman–Crippen MR) is 93.1 cm³/mol. The van der Waals surface area contributed by atoms with Crippen LogP contribution in [0.15, 0.2) is 59.2 Å². The molecule has 0 saturated heterocycles. The van der Waals surface area contributed by atoms with Crippen LogP contribution in [-0.2, 0) is 0 Å². The summed E-state index contributed by atoms with van der Waals surface area (Å²) in [6.45, 7) is 0. The monoisotopic (exact) mass is 387 g/mol. The smallest absolute Gasteiger partial charge is 0.291 e. The molecule has 8 heteroatoms. The Morgan fingerprint density at radius 2 is 2.00 bits per heavy atom. The third-order valence-electron chi connectivity index (χ3n) is 3.21.